The molecule has 0 saturated carbocycles. The van der Waals surface area contributed by atoms with Crippen LogP contribution in [0.4, 0.5) is 4.79 Å². The summed E-state index contributed by atoms with van der Waals surface area (Å²) in [5.74, 6) is 0.973. The zero-order valence-corrected chi connectivity index (χ0v) is 8.67. The molecule has 0 aromatic rings. The van der Waals surface area contributed by atoms with E-state index in [-0.39, 0.29) is 6.03 Å². The van der Waals surface area contributed by atoms with Gasteiger partial charge in [0.15, 0.2) is 0 Å². The van der Waals surface area contributed by atoms with Gasteiger partial charge >= 0.3 is 6.03 Å². The summed E-state index contributed by atoms with van der Waals surface area (Å²) in [5.41, 5.74) is 0. The predicted octanol–water partition coefficient (Wildman–Crippen LogP) is 1.45. The molecule has 0 atom stereocenters. The highest BCUT2D eigenvalue weighted by molar-refractivity contribution is 7.98. The van der Waals surface area contributed by atoms with E-state index in [4.69, 9.17) is 0 Å². The molecule has 0 aliphatic heterocycles. The van der Waals surface area contributed by atoms with Gasteiger partial charge < -0.3 is 10.6 Å². The number of amides is 2. The number of unbranched alkanes of at least 4 members (excludes halogenated alkanes) is 1. The van der Waals surface area contributed by atoms with Gasteiger partial charge in [-0.2, -0.15) is 11.8 Å². The molecule has 0 heterocycles. The van der Waals surface area contributed by atoms with Crippen LogP contribution in [-0.4, -0.2) is 31.1 Å². The number of hydrogen-bond acceptors (Lipinski definition) is 2. The fourth-order valence-electron chi connectivity index (χ4n) is 0.708. The predicted molar refractivity (Wildman–Crippen MR) is 54.7 cm³/mol. The summed E-state index contributed by atoms with van der Waals surface area (Å²) in [6.45, 7) is 3.63. The molecule has 2 amide bonds. The Morgan fingerprint density at radius 2 is 2.00 bits per heavy atom. The van der Waals surface area contributed by atoms with Crippen molar-refractivity contribution in [2.75, 3.05) is 25.1 Å². The maximum absolute atomic E-state index is 11.0. The van der Waals surface area contributed by atoms with Crippen molar-refractivity contribution in [1.29, 1.82) is 0 Å². The first-order valence-corrected chi connectivity index (χ1v) is 5.71. The van der Waals surface area contributed by atoms with Gasteiger partial charge in [-0.05, 0) is 12.7 Å². The van der Waals surface area contributed by atoms with E-state index in [2.05, 4.69) is 17.6 Å². The minimum atomic E-state index is -0.0440. The first kappa shape index (κ1) is 11.6. The van der Waals surface area contributed by atoms with E-state index >= 15 is 0 Å². The minimum absolute atomic E-state index is 0.0440. The largest absolute Gasteiger partial charge is 0.338 e. The molecule has 0 saturated heterocycles. The average Bonchev–Trinajstić information content (AvgIpc) is 2.06. The van der Waals surface area contributed by atoms with E-state index in [0.717, 1.165) is 31.7 Å². The van der Waals surface area contributed by atoms with Crippen molar-refractivity contribution in [2.45, 2.75) is 19.8 Å². The van der Waals surface area contributed by atoms with Crippen molar-refractivity contribution in [3.05, 3.63) is 0 Å². The number of thioether (sulfide) groups is 1. The zero-order chi connectivity index (χ0) is 9.23. The fourth-order valence-corrected chi connectivity index (χ4v) is 1.01. The standard InChI is InChI=1S/C8H18N2OS/c1-3-4-5-9-8(11)10-6-7-12-2/h3-7H2,1-2H3,(H2,9,10,11). The van der Waals surface area contributed by atoms with Crippen LogP contribution in [0, 0.1) is 0 Å². The summed E-state index contributed by atoms with van der Waals surface area (Å²) in [6, 6.07) is -0.0440. The number of carbonyl (C=O) groups is 1. The van der Waals surface area contributed by atoms with Crippen molar-refractivity contribution >= 4 is 17.8 Å². The molecule has 4 heteroatoms. The first-order valence-electron chi connectivity index (χ1n) is 4.32. The highest BCUT2D eigenvalue weighted by Gasteiger charge is 1.95. The second kappa shape index (κ2) is 8.71. The van der Waals surface area contributed by atoms with Gasteiger partial charge in [0.1, 0.15) is 0 Å². The van der Waals surface area contributed by atoms with E-state index < -0.39 is 0 Å². The molecule has 0 fully saturated rings. The van der Waals surface area contributed by atoms with Crippen LogP contribution in [0.2, 0.25) is 0 Å². The maximum atomic E-state index is 11.0. The van der Waals surface area contributed by atoms with E-state index in [1.54, 1.807) is 11.8 Å². The Hall–Kier alpha value is -0.380. The van der Waals surface area contributed by atoms with Crippen molar-refractivity contribution in [2.24, 2.45) is 0 Å². The number of urea groups is 1. The third-order valence-electron chi connectivity index (χ3n) is 1.41. The first-order chi connectivity index (χ1) is 5.81. The molecule has 0 spiro atoms. The molecule has 2 N–H and O–H groups in total. The van der Waals surface area contributed by atoms with Crippen LogP contribution >= 0.6 is 11.8 Å². The lowest BCUT2D eigenvalue weighted by Gasteiger charge is -2.05. The van der Waals surface area contributed by atoms with Crippen LogP contribution in [-0.2, 0) is 0 Å². The Morgan fingerprint density at radius 1 is 1.33 bits per heavy atom. The monoisotopic (exact) mass is 190 g/mol. The summed E-state index contributed by atoms with van der Waals surface area (Å²) in [6.07, 6.45) is 4.19. The molecule has 72 valence electrons. The van der Waals surface area contributed by atoms with Crippen molar-refractivity contribution < 1.29 is 4.79 Å². The third kappa shape index (κ3) is 7.72. The zero-order valence-electron chi connectivity index (χ0n) is 7.85. The quantitative estimate of drug-likeness (QED) is 0.622. The van der Waals surface area contributed by atoms with Gasteiger partial charge in [-0.1, -0.05) is 13.3 Å². The van der Waals surface area contributed by atoms with E-state index in [1.165, 1.54) is 0 Å². The number of nitrogens with one attached hydrogen (secondary N) is 2. The van der Waals surface area contributed by atoms with Gasteiger partial charge in [0, 0.05) is 18.8 Å². The van der Waals surface area contributed by atoms with Crippen LogP contribution in [0.1, 0.15) is 19.8 Å². The average molecular weight is 190 g/mol. The Morgan fingerprint density at radius 3 is 2.58 bits per heavy atom. The lowest BCUT2D eigenvalue weighted by atomic mass is 10.3. The van der Waals surface area contributed by atoms with Crippen molar-refractivity contribution in [3.63, 3.8) is 0 Å². The molecule has 0 radical (unpaired) electrons. The summed E-state index contributed by atoms with van der Waals surface area (Å²) >= 11 is 1.73. The summed E-state index contributed by atoms with van der Waals surface area (Å²) < 4.78 is 0. The van der Waals surface area contributed by atoms with E-state index in [1.807, 2.05) is 6.26 Å². The molecular formula is C8H18N2OS. The van der Waals surface area contributed by atoms with Crippen LogP contribution in [0.25, 0.3) is 0 Å². The number of hydrogen-bond donors (Lipinski definition) is 2. The molecule has 3 nitrogen and oxygen atoms in total. The summed E-state index contributed by atoms with van der Waals surface area (Å²) in [5, 5.41) is 5.55. The van der Waals surface area contributed by atoms with Gasteiger partial charge in [-0.25, -0.2) is 4.79 Å². The minimum Gasteiger partial charge on any atom is -0.338 e. The Kier molecular flexibility index (Phi) is 8.44. The van der Waals surface area contributed by atoms with Gasteiger partial charge in [-0.15, -0.1) is 0 Å². The van der Waals surface area contributed by atoms with Crippen molar-refractivity contribution in [1.82, 2.24) is 10.6 Å². The Bertz CT molecular complexity index is 108. The molecule has 0 bridgehead atoms. The number of rotatable bonds is 6. The van der Waals surface area contributed by atoms with E-state index in [9.17, 15) is 4.79 Å². The lowest BCUT2D eigenvalue weighted by Crippen LogP contribution is -2.37. The van der Waals surface area contributed by atoms with Gasteiger partial charge in [0.2, 0.25) is 0 Å². The molecule has 0 rings (SSSR count). The highest BCUT2D eigenvalue weighted by Crippen LogP contribution is 1.87. The molecule has 12 heavy (non-hydrogen) atoms. The normalized spacial score (nSPS) is 9.50. The third-order valence-corrected chi connectivity index (χ3v) is 2.02. The van der Waals surface area contributed by atoms with Gasteiger partial charge in [0.05, 0.1) is 0 Å². The smallest absolute Gasteiger partial charge is 0.314 e. The Balaban J connectivity index is 3.10. The molecule has 0 aliphatic rings. The molecule has 0 aliphatic carbocycles. The second-order valence-corrected chi connectivity index (χ2v) is 3.51. The molecular weight excluding hydrogens is 172 g/mol. The maximum Gasteiger partial charge on any atom is 0.314 e. The Labute approximate surface area is 78.7 Å². The molecule has 0 aromatic carbocycles. The van der Waals surface area contributed by atoms with Gasteiger partial charge in [0.25, 0.3) is 0 Å². The van der Waals surface area contributed by atoms with Gasteiger partial charge in [-0.3, -0.25) is 0 Å². The van der Waals surface area contributed by atoms with Crippen LogP contribution in [0.15, 0.2) is 0 Å². The molecule has 0 aromatic heterocycles. The van der Waals surface area contributed by atoms with Crippen LogP contribution in [0.5, 0.6) is 0 Å². The van der Waals surface area contributed by atoms with Crippen LogP contribution < -0.4 is 10.6 Å². The van der Waals surface area contributed by atoms with Crippen molar-refractivity contribution in [3.8, 4) is 0 Å². The second-order valence-electron chi connectivity index (χ2n) is 2.53. The van der Waals surface area contributed by atoms with Crippen LogP contribution in [0.3, 0.4) is 0 Å². The summed E-state index contributed by atoms with van der Waals surface area (Å²) in [7, 11) is 0. The molecule has 0 unspecified atom stereocenters. The summed E-state index contributed by atoms with van der Waals surface area (Å²) in [4.78, 5) is 11.0. The highest BCUT2D eigenvalue weighted by atomic mass is 32.2. The topological polar surface area (TPSA) is 41.1 Å². The fraction of sp³-hybridized carbons (Fsp3) is 0.875. The number of carbonyl (C=O) groups excluding carboxylic acids is 1. The lowest BCUT2D eigenvalue weighted by molar-refractivity contribution is 0.241. The SMILES string of the molecule is CCCCNC(=O)NCCSC. The van der Waals surface area contributed by atoms with E-state index in [0.29, 0.717) is 0 Å².